The number of aromatic nitrogens is 2. The fourth-order valence-electron chi connectivity index (χ4n) is 6.44. The van der Waals surface area contributed by atoms with Crippen molar-refractivity contribution in [3.8, 4) is 33.9 Å². The molecule has 3 aromatic rings. The predicted molar refractivity (Wildman–Crippen MR) is 254 cm³/mol. The van der Waals surface area contributed by atoms with Crippen LogP contribution in [0.2, 0.25) is 0 Å². The first-order valence-electron chi connectivity index (χ1n) is 22.0. The maximum Gasteiger partial charge on any atom is 0.128 e. The Morgan fingerprint density at radius 1 is 0.917 bits per heavy atom. The zero-order valence-corrected chi connectivity index (χ0v) is 39.9. The van der Waals surface area contributed by atoms with Crippen molar-refractivity contribution in [1.82, 2.24) is 20.2 Å². The normalized spacial score (nSPS) is 15.8. The van der Waals surface area contributed by atoms with Gasteiger partial charge < -0.3 is 34.3 Å². The monoisotopic (exact) mass is 826 g/mol. The molecule has 2 aliphatic heterocycles. The van der Waals surface area contributed by atoms with Crippen molar-refractivity contribution in [3.05, 3.63) is 71.8 Å². The first-order chi connectivity index (χ1) is 28.4. The van der Waals surface area contributed by atoms with Gasteiger partial charge >= 0.3 is 0 Å². The molecule has 2 aromatic carbocycles. The molecule has 0 unspecified atom stereocenters. The quantitative estimate of drug-likeness (QED) is 0.106. The van der Waals surface area contributed by atoms with Gasteiger partial charge in [0.2, 0.25) is 0 Å². The smallest absolute Gasteiger partial charge is 0.128 e. The third kappa shape index (κ3) is 17.0. The lowest BCUT2D eigenvalue weighted by Gasteiger charge is -2.30. The number of rotatable bonds is 12. The number of benzene rings is 2. The van der Waals surface area contributed by atoms with Gasteiger partial charge in [-0.3, -0.25) is 4.99 Å². The Morgan fingerprint density at radius 3 is 1.97 bits per heavy atom. The van der Waals surface area contributed by atoms with Crippen molar-refractivity contribution in [2.45, 2.75) is 142 Å². The first-order valence-corrected chi connectivity index (χ1v) is 22.0. The van der Waals surface area contributed by atoms with Crippen LogP contribution in [0.15, 0.2) is 54.3 Å². The Labute approximate surface area is 363 Å². The van der Waals surface area contributed by atoms with Crippen molar-refractivity contribution in [2.75, 3.05) is 26.7 Å². The summed E-state index contributed by atoms with van der Waals surface area (Å²) in [5.41, 5.74) is 10.4. The third-order valence-corrected chi connectivity index (χ3v) is 10.4. The Balaban J connectivity index is 0.000000555. The van der Waals surface area contributed by atoms with Crippen LogP contribution < -0.4 is 14.8 Å². The van der Waals surface area contributed by atoms with Gasteiger partial charge in [-0.2, -0.15) is 0 Å². The molecule has 332 valence electrons. The Hall–Kier alpha value is -4.34. The van der Waals surface area contributed by atoms with Gasteiger partial charge in [0.15, 0.2) is 0 Å². The van der Waals surface area contributed by atoms with E-state index in [9.17, 15) is 4.79 Å². The van der Waals surface area contributed by atoms with Crippen LogP contribution in [0.1, 0.15) is 145 Å². The molecule has 3 heterocycles. The van der Waals surface area contributed by atoms with E-state index in [0.29, 0.717) is 35.9 Å². The second kappa shape index (κ2) is 23.6. The number of carbonyl (C=O) groups excluding carboxylic acids is 2. The van der Waals surface area contributed by atoms with Crippen LogP contribution in [0, 0.1) is 21.7 Å². The van der Waals surface area contributed by atoms with Gasteiger partial charge in [-0.25, -0.2) is 4.98 Å². The number of hydrogen-bond donors (Lipinski definition) is 2. The van der Waals surface area contributed by atoms with E-state index in [1.807, 2.05) is 73.7 Å². The fourth-order valence-corrected chi connectivity index (χ4v) is 6.44. The lowest BCUT2D eigenvalue weighted by atomic mass is 9.88. The average molecular weight is 826 g/mol. The summed E-state index contributed by atoms with van der Waals surface area (Å²) in [6, 6.07) is 8.68. The van der Waals surface area contributed by atoms with Crippen LogP contribution in [0.4, 0.5) is 0 Å². The summed E-state index contributed by atoms with van der Waals surface area (Å²) in [6.07, 6.45) is 14.8. The molecule has 1 aromatic heterocycles. The van der Waals surface area contributed by atoms with E-state index in [0.717, 1.165) is 94.6 Å². The number of H-pyrrole nitrogens is 1. The summed E-state index contributed by atoms with van der Waals surface area (Å²) in [4.78, 5) is 33.0. The SMILES string of the molecule is C=CC(C)(C)C.C=O.CC.CC.CC(C)(C)CC=O.CC(CN(C)CC1(C)CC1)=N/C=C/c1cc2c3c(c1)OCc1cc(-c4cnc(CNCC5(C)CC5)[nH]4)cc(c1-3)OC2. The molecular formula is C51H79N5O4. The number of aromatic amines is 1. The van der Waals surface area contributed by atoms with Gasteiger partial charge in [-0.05, 0) is 97.2 Å². The van der Waals surface area contributed by atoms with Crippen LogP contribution >= 0.6 is 0 Å². The summed E-state index contributed by atoms with van der Waals surface area (Å²) in [6.45, 7) is 37.8. The summed E-state index contributed by atoms with van der Waals surface area (Å²) in [5.74, 6) is 2.79. The van der Waals surface area contributed by atoms with E-state index in [4.69, 9.17) is 19.3 Å². The largest absolute Gasteiger partial charge is 0.488 e. The van der Waals surface area contributed by atoms with E-state index in [1.54, 1.807) is 0 Å². The van der Waals surface area contributed by atoms with E-state index >= 15 is 0 Å². The molecule has 0 spiro atoms. The third-order valence-electron chi connectivity index (χ3n) is 10.4. The Morgan fingerprint density at radius 2 is 1.47 bits per heavy atom. The number of ether oxygens (including phenoxy) is 2. The van der Waals surface area contributed by atoms with E-state index in [1.165, 1.54) is 25.7 Å². The highest BCUT2D eigenvalue weighted by Crippen LogP contribution is 2.50. The van der Waals surface area contributed by atoms with E-state index in [2.05, 4.69) is 106 Å². The topological polar surface area (TPSA) is 109 Å². The minimum absolute atomic E-state index is 0.182. The van der Waals surface area contributed by atoms with E-state index in [-0.39, 0.29) is 5.41 Å². The predicted octanol–water partition coefficient (Wildman–Crippen LogP) is 12.3. The lowest BCUT2D eigenvalue weighted by molar-refractivity contribution is -0.109. The van der Waals surface area contributed by atoms with Gasteiger partial charge in [0.1, 0.15) is 43.6 Å². The zero-order valence-electron chi connectivity index (χ0n) is 39.9. The van der Waals surface area contributed by atoms with Crippen molar-refractivity contribution in [2.24, 2.45) is 26.7 Å². The highest BCUT2D eigenvalue weighted by atomic mass is 16.5. The first kappa shape index (κ1) is 51.8. The van der Waals surface area contributed by atoms with Crippen molar-refractivity contribution >= 4 is 24.9 Å². The Kier molecular flexibility index (Phi) is 20.4. The van der Waals surface area contributed by atoms with Gasteiger partial charge in [0.05, 0.1) is 18.4 Å². The van der Waals surface area contributed by atoms with Crippen molar-refractivity contribution in [3.63, 3.8) is 0 Å². The maximum atomic E-state index is 9.82. The molecule has 0 bridgehead atoms. The summed E-state index contributed by atoms with van der Waals surface area (Å²) in [7, 11) is 2.19. The summed E-state index contributed by atoms with van der Waals surface area (Å²) < 4.78 is 12.6. The number of nitrogens with one attached hydrogen (secondary N) is 2. The number of allylic oxidation sites excluding steroid dienone is 1. The van der Waals surface area contributed by atoms with Crippen molar-refractivity contribution in [1.29, 1.82) is 0 Å². The van der Waals surface area contributed by atoms with Crippen LogP contribution in [0.25, 0.3) is 28.5 Å². The number of imidazole rings is 1. The van der Waals surface area contributed by atoms with Crippen LogP contribution in [-0.2, 0) is 29.3 Å². The number of aldehydes is 1. The molecule has 0 saturated heterocycles. The lowest BCUT2D eigenvalue weighted by Crippen LogP contribution is -2.29. The molecule has 0 atom stereocenters. The zero-order chi connectivity index (χ0) is 45.3. The summed E-state index contributed by atoms with van der Waals surface area (Å²) in [5, 5.41) is 3.55. The van der Waals surface area contributed by atoms with Crippen LogP contribution in [0.3, 0.4) is 0 Å². The highest BCUT2D eigenvalue weighted by molar-refractivity contribution is 5.88. The molecule has 7 rings (SSSR count). The number of nitrogens with zero attached hydrogens (tertiary/aromatic N) is 3. The molecule has 4 aliphatic rings. The molecule has 0 amide bonds. The number of hydrogen-bond acceptors (Lipinski definition) is 8. The number of carbonyl (C=O) groups is 2. The molecule has 0 radical (unpaired) electrons. The van der Waals surface area contributed by atoms with Gasteiger partial charge in [0.25, 0.3) is 0 Å². The Bertz CT molecular complexity index is 1820. The minimum atomic E-state index is 0.182. The molecule has 60 heavy (non-hydrogen) atoms. The molecule has 2 aliphatic carbocycles. The van der Waals surface area contributed by atoms with Gasteiger partial charge in [0, 0.05) is 65.8 Å². The molecule has 2 saturated carbocycles. The second-order valence-corrected chi connectivity index (χ2v) is 19.0. The molecule has 2 N–H and O–H groups in total. The number of aliphatic imine (C=N–C) groups is 1. The van der Waals surface area contributed by atoms with Crippen LogP contribution in [0.5, 0.6) is 11.5 Å². The minimum Gasteiger partial charge on any atom is -0.488 e. The van der Waals surface area contributed by atoms with Gasteiger partial charge in [-0.15, -0.1) is 6.58 Å². The van der Waals surface area contributed by atoms with Crippen molar-refractivity contribution < 1.29 is 19.1 Å². The average Bonchev–Trinajstić information content (AvgIpc) is 4.08. The molecule has 9 heteroatoms. The van der Waals surface area contributed by atoms with Gasteiger partial charge in [-0.1, -0.05) is 89.2 Å². The molecular weight excluding hydrogens is 747 g/mol. The highest BCUT2D eigenvalue weighted by Gasteiger charge is 2.38. The molecule has 9 nitrogen and oxygen atoms in total. The standard InChI is InChI=1S/C34H41N5O2.C6H12O.C6H12.2C2H6.CH2O/c1-22(17-39(4)21-34(3)8-9-34)36-10-5-23-11-25-18-41-29-14-24(13-26-19-40-28(12-23)31(25)32(26)29)27-15-37-30(38-27)16-35-20-33(2)6-7-33;1-6(2,3)4-5-7;1-5-6(2,3)4;3*1-2/h5,10-15,35H,6-9,16-21H2,1-4H3,(H,37,38);5H,4H2,1-3H3;5H,1H2,2-4H3;2*1-2H3;1H2/b10-5+,36-22?;;;;;. The second-order valence-electron chi connectivity index (χ2n) is 19.0. The maximum absolute atomic E-state index is 9.82. The fraction of sp³-hybridized carbons (Fsp3) is 0.569. The van der Waals surface area contributed by atoms with E-state index < -0.39 is 0 Å². The molecule has 2 fully saturated rings. The summed E-state index contributed by atoms with van der Waals surface area (Å²) >= 11 is 0. The van der Waals surface area contributed by atoms with Crippen LogP contribution in [-0.4, -0.2) is 60.3 Å².